The molecule has 1 heterocycles. The summed E-state index contributed by atoms with van der Waals surface area (Å²) in [6.07, 6.45) is 3.32. The van der Waals surface area contributed by atoms with E-state index in [0.29, 0.717) is 30.6 Å². The van der Waals surface area contributed by atoms with E-state index in [0.717, 1.165) is 32.4 Å². The SMILES string of the molecule is CCCCN(c1nc(NCC)nc(OCC)n1)C(C)CC. The maximum Gasteiger partial charge on any atom is 0.323 e. The number of hydrogen-bond donors (Lipinski definition) is 1. The lowest BCUT2D eigenvalue weighted by molar-refractivity contribution is 0.311. The second-order valence-electron chi connectivity index (χ2n) is 5.01. The number of anilines is 2. The number of nitrogens with zero attached hydrogens (tertiary/aromatic N) is 4. The summed E-state index contributed by atoms with van der Waals surface area (Å²) in [5.41, 5.74) is 0. The lowest BCUT2D eigenvalue weighted by Gasteiger charge is -2.28. The number of unbranched alkanes of at least 4 members (excludes halogenated alkanes) is 1. The second-order valence-corrected chi connectivity index (χ2v) is 5.01. The summed E-state index contributed by atoms with van der Waals surface area (Å²) in [4.78, 5) is 15.5. The molecule has 0 fully saturated rings. The maximum absolute atomic E-state index is 5.47. The Morgan fingerprint density at radius 3 is 2.48 bits per heavy atom. The molecule has 6 heteroatoms. The van der Waals surface area contributed by atoms with E-state index in [1.165, 1.54) is 0 Å². The van der Waals surface area contributed by atoms with Crippen molar-refractivity contribution in [1.29, 1.82) is 0 Å². The van der Waals surface area contributed by atoms with E-state index < -0.39 is 0 Å². The largest absolute Gasteiger partial charge is 0.464 e. The first-order valence-electron chi connectivity index (χ1n) is 8.05. The molecular weight excluding hydrogens is 266 g/mol. The van der Waals surface area contributed by atoms with Crippen molar-refractivity contribution >= 4 is 11.9 Å². The molecule has 0 aliphatic rings. The first-order chi connectivity index (χ1) is 10.2. The van der Waals surface area contributed by atoms with Crippen molar-refractivity contribution < 1.29 is 4.74 Å². The summed E-state index contributed by atoms with van der Waals surface area (Å²) in [6.45, 7) is 12.8. The van der Waals surface area contributed by atoms with Crippen LogP contribution in [0.2, 0.25) is 0 Å². The quantitative estimate of drug-likeness (QED) is 0.715. The lowest BCUT2D eigenvalue weighted by Crippen LogP contribution is -2.35. The van der Waals surface area contributed by atoms with Crippen LogP contribution in [0.25, 0.3) is 0 Å². The number of hydrogen-bond acceptors (Lipinski definition) is 6. The zero-order valence-electron chi connectivity index (χ0n) is 14.0. The highest BCUT2D eigenvalue weighted by Crippen LogP contribution is 2.19. The third kappa shape index (κ3) is 5.36. The molecular formula is C15H29N5O. The van der Waals surface area contributed by atoms with Gasteiger partial charge in [-0.1, -0.05) is 20.3 Å². The lowest BCUT2D eigenvalue weighted by atomic mass is 10.2. The zero-order valence-corrected chi connectivity index (χ0v) is 14.0. The average molecular weight is 295 g/mol. The Hall–Kier alpha value is -1.59. The van der Waals surface area contributed by atoms with E-state index in [-0.39, 0.29) is 0 Å². The summed E-state index contributed by atoms with van der Waals surface area (Å²) in [6, 6.07) is 0.783. The first kappa shape index (κ1) is 17.5. The summed E-state index contributed by atoms with van der Waals surface area (Å²) >= 11 is 0. The van der Waals surface area contributed by atoms with Gasteiger partial charge in [-0.2, -0.15) is 15.0 Å². The van der Waals surface area contributed by atoms with Crippen LogP contribution in [-0.2, 0) is 0 Å². The van der Waals surface area contributed by atoms with Gasteiger partial charge in [0.05, 0.1) is 6.61 Å². The highest BCUT2D eigenvalue weighted by atomic mass is 16.5. The van der Waals surface area contributed by atoms with Crippen molar-refractivity contribution in [2.24, 2.45) is 0 Å². The summed E-state index contributed by atoms with van der Waals surface area (Å²) in [5.74, 6) is 1.28. The van der Waals surface area contributed by atoms with Crippen molar-refractivity contribution in [3.63, 3.8) is 0 Å². The molecule has 0 saturated carbocycles. The molecule has 21 heavy (non-hydrogen) atoms. The van der Waals surface area contributed by atoms with Crippen molar-refractivity contribution in [2.45, 2.75) is 59.9 Å². The van der Waals surface area contributed by atoms with Gasteiger partial charge >= 0.3 is 6.01 Å². The predicted octanol–water partition coefficient (Wildman–Crippen LogP) is 3.11. The van der Waals surface area contributed by atoms with Gasteiger partial charge in [-0.25, -0.2) is 0 Å². The molecule has 0 aliphatic heterocycles. The van der Waals surface area contributed by atoms with E-state index in [1.807, 2.05) is 13.8 Å². The molecule has 1 unspecified atom stereocenters. The average Bonchev–Trinajstić information content (AvgIpc) is 2.48. The van der Waals surface area contributed by atoms with Gasteiger partial charge in [-0.05, 0) is 33.6 Å². The van der Waals surface area contributed by atoms with E-state index in [4.69, 9.17) is 4.74 Å². The standard InChI is InChI=1S/C15H29N5O/c1-6-10-11-20(12(5)7-2)14-17-13(16-8-3)18-15(19-14)21-9-4/h12H,6-11H2,1-5H3,(H,16,17,18,19). The number of nitrogens with one attached hydrogen (secondary N) is 1. The number of aromatic nitrogens is 3. The van der Waals surface area contributed by atoms with Gasteiger partial charge < -0.3 is 15.0 Å². The minimum absolute atomic E-state index is 0.392. The van der Waals surface area contributed by atoms with E-state index in [2.05, 4.69) is 45.9 Å². The smallest absolute Gasteiger partial charge is 0.323 e. The molecule has 1 aromatic heterocycles. The first-order valence-corrected chi connectivity index (χ1v) is 8.05. The Balaban J connectivity index is 3.08. The Morgan fingerprint density at radius 2 is 1.90 bits per heavy atom. The van der Waals surface area contributed by atoms with Gasteiger partial charge in [0.2, 0.25) is 11.9 Å². The normalized spacial score (nSPS) is 12.0. The number of ether oxygens (including phenoxy) is 1. The van der Waals surface area contributed by atoms with Crippen LogP contribution in [-0.4, -0.2) is 40.7 Å². The summed E-state index contributed by atoms with van der Waals surface area (Å²) in [5, 5.41) is 3.15. The zero-order chi connectivity index (χ0) is 15.7. The fourth-order valence-electron chi connectivity index (χ4n) is 1.97. The topological polar surface area (TPSA) is 63.2 Å². The molecule has 0 spiro atoms. The van der Waals surface area contributed by atoms with E-state index in [9.17, 15) is 0 Å². The molecule has 1 aromatic rings. The third-order valence-corrected chi connectivity index (χ3v) is 3.34. The van der Waals surface area contributed by atoms with Gasteiger partial charge in [0.15, 0.2) is 0 Å². The molecule has 0 amide bonds. The summed E-state index contributed by atoms with van der Waals surface area (Å²) in [7, 11) is 0. The molecule has 1 rings (SSSR count). The van der Waals surface area contributed by atoms with Crippen molar-refractivity contribution in [3.05, 3.63) is 0 Å². The molecule has 1 atom stereocenters. The Bertz CT molecular complexity index is 389. The van der Waals surface area contributed by atoms with Crippen LogP contribution in [0.1, 0.15) is 53.9 Å². The molecule has 120 valence electrons. The number of rotatable bonds is 10. The van der Waals surface area contributed by atoms with Gasteiger partial charge in [-0.3, -0.25) is 0 Å². The molecule has 0 bridgehead atoms. The molecule has 0 aliphatic carbocycles. The van der Waals surface area contributed by atoms with E-state index in [1.54, 1.807) is 0 Å². The van der Waals surface area contributed by atoms with Gasteiger partial charge in [0, 0.05) is 19.1 Å². The fourth-order valence-corrected chi connectivity index (χ4v) is 1.97. The van der Waals surface area contributed by atoms with Crippen LogP contribution < -0.4 is 15.0 Å². The van der Waals surface area contributed by atoms with Crippen molar-refractivity contribution in [1.82, 2.24) is 15.0 Å². The van der Waals surface area contributed by atoms with Gasteiger partial charge in [-0.15, -0.1) is 0 Å². The molecule has 1 N–H and O–H groups in total. The Morgan fingerprint density at radius 1 is 1.14 bits per heavy atom. The van der Waals surface area contributed by atoms with Gasteiger partial charge in [0.25, 0.3) is 0 Å². The fraction of sp³-hybridized carbons (Fsp3) is 0.800. The van der Waals surface area contributed by atoms with Crippen molar-refractivity contribution in [3.8, 4) is 6.01 Å². The molecule has 0 aromatic carbocycles. The second kappa shape index (κ2) is 9.37. The van der Waals surface area contributed by atoms with Crippen molar-refractivity contribution in [2.75, 3.05) is 29.9 Å². The van der Waals surface area contributed by atoms with E-state index >= 15 is 0 Å². The minimum atomic E-state index is 0.392. The summed E-state index contributed by atoms with van der Waals surface area (Å²) < 4.78 is 5.47. The molecule has 0 radical (unpaired) electrons. The van der Waals surface area contributed by atoms with Crippen LogP contribution in [0, 0.1) is 0 Å². The monoisotopic (exact) mass is 295 g/mol. The van der Waals surface area contributed by atoms with Crippen LogP contribution >= 0.6 is 0 Å². The highest BCUT2D eigenvalue weighted by molar-refractivity contribution is 5.39. The van der Waals surface area contributed by atoms with Gasteiger partial charge in [0.1, 0.15) is 0 Å². The Kier molecular flexibility index (Phi) is 7.79. The Labute approximate surface area is 128 Å². The highest BCUT2D eigenvalue weighted by Gasteiger charge is 2.18. The minimum Gasteiger partial charge on any atom is -0.464 e. The maximum atomic E-state index is 5.47. The van der Waals surface area contributed by atoms with Crippen LogP contribution in [0.4, 0.5) is 11.9 Å². The third-order valence-electron chi connectivity index (χ3n) is 3.34. The predicted molar refractivity (Wildman–Crippen MR) is 87.2 cm³/mol. The van der Waals surface area contributed by atoms with Crippen LogP contribution in [0.5, 0.6) is 6.01 Å². The molecule has 6 nitrogen and oxygen atoms in total. The van der Waals surface area contributed by atoms with Crippen LogP contribution in [0.3, 0.4) is 0 Å². The molecule has 0 saturated heterocycles. The van der Waals surface area contributed by atoms with Crippen LogP contribution in [0.15, 0.2) is 0 Å².